The number of hydrogen-bond acceptors (Lipinski definition) is 5. The summed E-state index contributed by atoms with van der Waals surface area (Å²) in [6, 6.07) is 7.75. The molecule has 0 atom stereocenters. The van der Waals surface area contributed by atoms with Crippen molar-refractivity contribution in [2.24, 2.45) is 0 Å². The van der Waals surface area contributed by atoms with Gasteiger partial charge in [0.05, 0.1) is 6.61 Å². The summed E-state index contributed by atoms with van der Waals surface area (Å²) < 4.78 is 10.7. The van der Waals surface area contributed by atoms with Crippen LogP contribution in [-0.2, 0) is 9.59 Å². The minimum Gasteiger partial charge on any atom is -0.504 e. The molecule has 0 aliphatic rings. The molecule has 0 heterocycles. The van der Waals surface area contributed by atoms with E-state index in [0.717, 1.165) is 11.1 Å². The van der Waals surface area contributed by atoms with Crippen LogP contribution >= 0.6 is 11.6 Å². The Morgan fingerprint density at radius 1 is 1.14 bits per heavy atom. The number of benzene rings is 2. The molecule has 7 nitrogen and oxygen atoms in total. The Bertz CT molecular complexity index is 931. The molecule has 0 radical (unpaired) electrons. The van der Waals surface area contributed by atoms with Gasteiger partial charge in [0.1, 0.15) is 11.4 Å². The summed E-state index contributed by atoms with van der Waals surface area (Å²) in [7, 11) is 0. The number of hydrogen-bond donors (Lipinski definition) is 3. The number of phenolic OH excluding ortho intramolecular Hbond substituents is 1. The summed E-state index contributed by atoms with van der Waals surface area (Å²) in [4.78, 5) is 23.6. The number of aliphatic carboxylic acids is 1. The van der Waals surface area contributed by atoms with Crippen molar-refractivity contribution in [3.05, 3.63) is 57.7 Å². The normalized spacial score (nSPS) is 11.1. The molecule has 154 valence electrons. The Morgan fingerprint density at radius 2 is 1.79 bits per heavy atom. The molecule has 2 aromatic carbocycles. The Hall–Kier alpha value is -3.19. The predicted octanol–water partition coefficient (Wildman–Crippen LogP) is 3.68. The summed E-state index contributed by atoms with van der Waals surface area (Å²) in [6.07, 6.45) is 1.26. The molecule has 0 aliphatic heterocycles. The van der Waals surface area contributed by atoms with E-state index in [-0.39, 0.29) is 23.8 Å². The summed E-state index contributed by atoms with van der Waals surface area (Å²) in [5.41, 5.74) is 1.72. The largest absolute Gasteiger partial charge is 0.504 e. The van der Waals surface area contributed by atoms with Crippen LogP contribution in [0.4, 0.5) is 0 Å². The Labute approximate surface area is 173 Å². The number of carboxylic acid groups (broad SMARTS) is 1. The average Bonchev–Trinajstić information content (AvgIpc) is 2.66. The fraction of sp³-hybridized carbons (Fsp3) is 0.238. The van der Waals surface area contributed by atoms with Crippen LogP contribution in [0, 0.1) is 13.8 Å². The molecule has 0 aliphatic carbocycles. The van der Waals surface area contributed by atoms with E-state index >= 15 is 0 Å². The number of amides is 1. The van der Waals surface area contributed by atoms with E-state index in [4.69, 9.17) is 21.1 Å². The number of phenols is 1. The van der Waals surface area contributed by atoms with E-state index < -0.39 is 11.9 Å². The second-order valence-electron chi connectivity index (χ2n) is 6.23. The predicted molar refractivity (Wildman–Crippen MR) is 109 cm³/mol. The number of carboxylic acids is 1. The first-order valence-electron chi connectivity index (χ1n) is 8.81. The first-order chi connectivity index (χ1) is 13.7. The highest BCUT2D eigenvalue weighted by molar-refractivity contribution is 6.32. The number of aryl methyl sites for hydroxylation is 2. The lowest BCUT2D eigenvalue weighted by molar-refractivity contribution is -0.134. The number of rotatable bonds is 8. The van der Waals surface area contributed by atoms with E-state index in [2.05, 4.69) is 5.32 Å². The number of aromatic hydroxyl groups is 1. The lowest BCUT2D eigenvalue weighted by Crippen LogP contribution is -2.31. The Morgan fingerprint density at radius 3 is 2.38 bits per heavy atom. The smallest absolute Gasteiger partial charge is 0.352 e. The van der Waals surface area contributed by atoms with Gasteiger partial charge in [0.15, 0.2) is 18.1 Å². The van der Waals surface area contributed by atoms with Gasteiger partial charge in [-0.15, -0.1) is 0 Å². The van der Waals surface area contributed by atoms with Gasteiger partial charge in [-0.1, -0.05) is 17.7 Å². The highest BCUT2D eigenvalue weighted by Gasteiger charge is 2.14. The zero-order chi connectivity index (χ0) is 21.6. The lowest BCUT2D eigenvalue weighted by atomic mass is 10.1. The third-order valence-electron chi connectivity index (χ3n) is 3.88. The number of nitrogens with one attached hydrogen (secondary N) is 1. The van der Waals surface area contributed by atoms with Crippen molar-refractivity contribution in [2.75, 3.05) is 13.2 Å². The standard InChI is InChI=1S/C21H22ClNO6/c1-4-28-18-10-14(5-6-17(18)24)9-16(21(26)27)23-19(25)11-29-15-7-12(2)20(22)13(3)8-15/h5-10,24H,4,11H2,1-3H3,(H,23,25)(H,26,27)/b16-9+. The lowest BCUT2D eigenvalue weighted by Gasteiger charge is -2.11. The molecular weight excluding hydrogens is 398 g/mol. The number of carbonyl (C=O) groups is 2. The molecule has 0 bridgehead atoms. The van der Waals surface area contributed by atoms with Crippen LogP contribution in [-0.4, -0.2) is 35.3 Å². The highest BCUT2D eigenvalue weighted by atomic mass is 35.5. The quantitative estimate of drug-likeness (QED) is 0.564. The van der Waals surface area contributed by atoms with E-state index in [9.17, 15) is 19.8 Å². The van der Waals surface area contributed by atoms with Crippen LogP contribution in [0.3, 0.4) is 0 Å². The van der Waals surface area contributed by atoms with Gasteiger partial charge in [0.2, 0.25) is 0 Å². The minimum atomic E-state index is -1.32. The minimum absolute atomic E-state index is 0.0631. The molecule has 2 rings (SSSR count). The zero-order valence-electron chi connectivity index (χ0n) is 16.3. The summed E-state index contributed by atoms with van der Waals surface area (Å²) in [6.45, 7) is 5.37. The molecule has 0 fully saturated rings. The van der Waals surface area contributed by atoms with E-state index in [1.54, 1.807) is 19.1 Å². The molecule has 0 aromatic heterocycles. The number of halogens is 1. The van der Waals surface area contributed by atoms with Crippen LogP contribution in [0.1, 0.15) is 23.6 Å². The van der Waals surface area contributed by atoms with Crippen LogP contribution in [0.25, 0.3) is 6.08 Å². The second-order valence-corrected chi connectivity index (χ2v) is 6.61. The van der Waals surface area contributed by atoms with Gasteiger partial charge < -0.3 is 25.0 Å². The third kappa shape index (κ3) is 6.15. The average molecular weight is 420 g/mol. The SMILES string of the molecule is CCOc1cc(/C=C(/NC(=O)COc2cc(C)c(Cl)c(C)c2)C(=O)O)ccc1O. The van der Waals surface area contributed by atoms with Gasteiger partial charge in [0, 0.05) is 5.02 Å². The Kier molecular flexibility index (Phi) is 7.50. The topological polar surface area (TPSA) is 105 Å². The third-order valence-corrected chi connectivity index (χ3v) is 4.48. The number of carbonyl (C=O) groups excluding carboxylic acids is 1. The maximum Gasteiger partial charge on any atom is 0.352 e. The fourth-order valence-corrected chi connectivity index (χ4v) is 2.64. The monoisotopic (exact) mass is 419 g/mol. The summed E-state index contributed by atoms with van der Waals surface area (Å²) in [5.74, 6) is -1.34. The Balaban J connectivity index is 2.10. The zero-order valence-corrected chi connectivity index (χ0v) is 17.0. The van der Waals surface area contributed by atoms with Crippen molar-refractivity contribution in [1.29, 1.82) is 0 Å². The van der Waals surface area contributed by atoms with Crippen molar-refractivity contribution in [3.63, 3.8) is 0 Å². The summed E-state index contributed by atoms with van der Waals surface area (Å²) in [5, 5.41) is 22.0. The van der Waals surface area contributed by atoms with Crippen LogP contribution in [0.2, 0.25) is 5.02 Å². The molecule has 0 saturated heterocycles. The van der Waals surface area contributed by atoms with Crippen molar-refractivity contribution < 1.29 is 29.3 Å². The molecule has 2 aromatic rings. The van der Waals surface area contributed by atoms with E-state index in [1.165, 1.54) is 24.3 Å². The first-order valence-corrected chi connectivity index (χ1v) is 9.19. The van der Waals surface area contributed by atoms with Crippen molar-refractivity contribution in [2.45, 2.75) is 20.8 Å². The van der Waals surface area contributed by atoms with Crippen LogP contribution < -0.4 is 14.8 Å². The second kappa shape index (κ2) is 9.84. The molecule has 0 spiro atoms. The maximum absolute atomic E-state index is 12.2. The first kappa shape index (κ1) is 22.1. The van der Waals surface area contributed by atoms with Crippen molar-refractivity contribution >= 4 is 29.6 Å². The maximum atomic E-state index is 12.2. The summed E-state index contributed by atoms with van der Waals surface area (Å²) >= 11 is 6.10. The molecule has 3 N–H and O–H groups in total. The van der Waals surface area contributed by atoms with E-state index in [1.807, 2.05) is 13.8 Å². The molecule has 8 heteroatoms. The highest BCUT2D eigenvalue weighted by Crippen LogP contribution is 2.28. The van der Waals surface area contributed by atoms with Crippen LogP contribution in [0.15, 0.2) is 36.0 Å². The van der Waals surface area contributed by atoms with Crippen molar-refractivity contribution in [3.8, 4) is 17.2 Å². The van der Waals surface area contributed by atoms with Gasteiger partial charge >= 0.3 is 5.97 Å². The van der Waals surface area contributed by atoms with Gasteiger partial charge in [0.25, 0.3) is 5.91 Å². The van der Waals surface area contributed by atoms with Crippen LogP contribution in [0.5, 0.6) is 17.2 Å². The fourth-order valence-electron chi connectivity index (χ4n) is 2.53. The molecule has 0 saturated carbocycles. The number of ether oxygens (including phenoxy) is 2. The van der Waals surface area contributed by atoms with Gasteiger partial charge in [-0.05, 0) is 67.8 Å². The molecule has 0 unspecified atom stereocenters. The van der Waals surface area contributed by atoms with E-state index in [0.29, 0.717) is 22.9 Å². The molecule has 1 amide bonds. The van der Waals surface area contributed by atoms with Gasteiger partial charge in [-0.3, -0.25) is 4.79 Å². The molecular formula is C21H22ClNO6. The van der Waals surface area contributed by atoms with Crippen molar-refractivity contribution in [1.82, 2.24) is 5.32 Å². The van der Waals surface area contributed by atoms with Gasteiger partial charge in [-0.2, -0.15) is 0 Å². The molecule has 29 heavy (non-hydrogen) atoms. The van der Waals surface area contributed by atoms with Gasteiger partial charge in [-0.25, -0.2) is 4.79 Å².